The third-order valence-corrected chi connectivity index (χ3v) is 5.75. The number of hydrogen-bond donors (Lipinski definition) is 1. The molecule has 4 rings (SSSR count). The molecule has 0 saturated carbocycles. The standard InChI is InChI=1S/C25H17ClN4O9/c1-38-21-11-15(10-20(26)22(21)39-13-14-4-2-6-17(8-14)29(34)35)9-19-23(31)27-25(33)28(24(19)32)16-5-3-7-18(12-16)30(36)37/h2-12H,13H2,1H3,(H,27,31,33)/b19-9+. The topological polar surface area (TPSA) is 171 Å². The minimum absolute atomic E-state index is 0.0434. The minimum atomic E-state index is -1.07. The maximum atomic E-state index is 13.1. The Balaban J connectivity index is 1.64. The first-order chi connectivity index (χ1) is 18.6. The summed E-state index contributed by atoms with van der Waals surface area (Å²) in [5, 5.41) is 24.2. The number of non-ortho nitro benzene ring substituents is 2. The van der Waals surface area contributed by atoms with Gasteiger partial charge in [-0.05, 0) is 35.4 Å². The molecule has 1 aliphatic rings. The number of nitro groups is 2. The van der Waals surface area contributed by atoms with Gasteiger partial charge in [-0.15, -0.1) is 0 Å². The van der Waals surface area contributed by atoms with Crippen LogP contribution in [-0.4, -0.2) is 34.8 Å². The summed E-state index contributed by atoms with van der Waals surface area (Å²) in [4.78, 5) is 59.6. The van der Waals surface area contributed by atoms with Gasteiger partial charge in [0.25, 0.3) is 23.2 Å². The van der Waals surface area contributed by atoms with E-state index in [1.165, 1.54) is 61.7 Å². The molecule has 13 nitrogen and oxygen atoms in total. The number of nitrogens with one attached hydrogen (secondary N) is 1. The highest BCUT2D eigenvalue weighted by atomic mass is 35.5. The number of carbonyl (C=O) groups is 3. The molecule has 0 aromatic heterocycles. The summed E-state index contributed by atoms with van der Waals surface area (Å²) in [7, 11) is 1.34. The van der Waals surface area contributed by atoms with Crippen molar-refractivity contribution < 1.29 is 33.7 Å². The molecule has 1 N–H and O–H groups in total. The number of halogens is 1. The van der Waals surface area contributed by atoms with Crippen molar-refractivity contribution in [1.82, 2.24) is 5.32 Å². The van der Waals surface area contributed by atoms with Gasteiger partial charge in [0.2, 0.25) is 0 Å². The zero-order valence-electron chi connectivity index (χ0n) is 20.0. The molecule has 198 valence electrons. The molecule has 0 spiro atoms. The van der Waals surface area contributed by atoms with E-state index in [0.717, 1.165) is 6.07 Å². The predicted molar refractivity (Wildman–Crippen MR) is 138 cm³/mol. The molecule has 39 heavy (non-hydrogen) atoms. The SMILES string of the molecule is COc1cc(/C=C2\C(=O)NC(=O)N(c3cccc([N+](=O)[O-])c3)C2=O)cc(Cl)c1OCc1cccc([N+](=O)[O-])c1. The van der Waals surface area contributed by atoms with E-state index in [1.807, 2.05) is 5.32 Å². The number of barbiturate groups is 1. The molecular formula is C25H17ClN4O9. The van der Waals surface area contributed by atoms with E-state index >= 15 is 0 Å². The van der Waals surface area contributed by atoms with Gasteiger partial charge in [-0.1, -0.05) is 29.8 Å². The first-order valence-corrected chi connectivity index (χ1v) is 11.4. The highest BCUT2D eigenvalue weighted by Gasteiger charge is 2.37. The Labute approximate surface area is 224 Å². The third-order valence-electron chi connectivity index (χ3n) is 5.47. The van der Waals surface area contributed by atoms with Crippen LogP contribution in [0.4, 0.5) is 21.9 Å². The fourth-order valence-electron chi connectivity index (χ4n) is 3.68. The lowest BCUT2D eigenvalue weighted by atomic mass is 10.1. The Hall–Kier alpha value is -5.30. The fraction of sp³-hybridized carbons (Fsp3) is 0.0800. The third kappa shape index (κ3) is 5.67. The summed E-state index contributed by atoms with van der Waals surface area (Å²) >= 11 is 6.39. The van der Waals surface area contributed by atoms with Crippen molar-refractivity contribution in [3.8, 4) is 11.5 Å². The van der Waals surface area contributed by atoms with Crippen LogP contribution in [0.2, 0.25) is 5.02 Å². The van der Waals surface area contributed by atoms with Crippen molar-refractivity contribution >= 4 is 52.6 Å². The van der Waals surface area contributed by atoms with Crippen LogP contribution in [0, 0.1) is 20.2 Å². The number of nitrogens with zero attached hydrogens (tertiary/aromatic N) is 3. The van der Waals surface area contributed by atoms with Crippen molar-refractivity contribution in [3.05, 3.63) is 103 Å². The summed E-state index contributed by atoms with van der Waals surface area (Å²) in [5.74, 6) is -1.74. The summed E-state index contributed by atoms with van der Waals surface area (Å²) < 4.78 is 11.1. The average Bonchev–Trinajstić information content (AvgIpc) is 2.90. The number of urea groups is 1. The van der Waals surface area contributed by atoms with Gasteiger partial charge in [0.05, 0.1) is 27.7 Å². The number of imide groups is 2. The zero-order chi connectivity index (χ0) is 28.3. The molecule has 4 amide bonds. The van der Waals surface area contributed by atoms with Gasteiger partial charge in [-0.3, -0.25) is 35.1 Å². The Bertz CT molecular complexity index is 1570. The smallest absolute Gasteiger partial charge is 0.335 e. The van der Waals surface area contributed by atoms with Crippen molar-refractivity contribution in [2.75, 3.05) is 12.0 Å². The number of carbonyl (C=O) groups excluding carboxylic acids is 3. The summed E-state index contributed by atoms with van der Waals surface area (Å²) in [6.45, 7) is -0.0701. The normalized spacial score (nSPS) is 14.3. The van der Waals surface area contributed by atoms with Crippen molar-refractivity contribution in [1.29, 1.82) is 0 Å². The molecule has 1 fully saturated rings. The van der Waals surface area contributed by atoms with Gasteiger partial charge >= 0.3 is 6.03 Å². The summed E-state index contributed by atoms with van der Waals surface area (Å²) in [5.41, 5.74) is -0.262. The maximum absolute atomic E-state index is 13.1. The van der Waals surface area contributed by atoms with Crippen LogP contribution in [0.1, 0.15) is 11.1 Å². The molecule has 0 radical (unpaired) electrons. The van der Waals surface area contributed by atoms with Crippen molar-refractivity contribution in [2.45, 2.75) is 6.61 Å². The van der Waals surface area contributed by atoms with Crippen molar-refractivity contribution in [3.63, 3.8) is 0 Å². The van der Waals surface area contributed by atoms with Crippen LogP contribution in [0.15, 0.2) is 66.2 Å². The second kappa shape index (κ2) is 11.0. The number of amides is 4. The second-order valence-electron chi connectivity index (χ2n) is 7.98. The molecule has 0 bridgehead atoms. The summed E-state index contributed by atoms with van der Waals surface area (Å²) in [6, 6.07) is 12.4. The number of benzene rings is 3. The molecule has 1 saturated heterocycles. The van der Waals surface area contributed by atoms with Gasteiger partial charge in [-0.2, -0.15) is 0 Å². The monoisotopic (exact) mass is 552 g/mol. The molecule has 14 heteroatoms. The van der Waals surface area contributed by atoms with Gasteiger partial charge in [0.1, 0.15) is 12.2 Å². The van der Waals surface area contributed by atoms with Gasteiger partial charge in [0.15, 0.2) is 11.5 Å². The van der Waals surface area contributed by atoms with Crippen LogP contribution in [0.5, 0.6) is 11.5 Å². The van der Waals surface area contributed by atoms with Crippen LogP contribution in [0.25, 0.3) is 6.08 Å². The maximum Gasteiger partial charge on any atom is 0.335 e. The van der Waals surface area contributed by atoms with E-state index in [1.54, 1.807) is 6.07 Å². The molecule has 0 aliphatic carbocycles. The zero-order valence-corrected chi connectivity index (χ0v) is 20.7. The fourth-order valence-corrected chi connectivity index (χ4v) is 3.96. The van der Waals surface area contributed by atoms with E-state index in [9.17, 15) is 34.6 Å². The lowest BCUT2D eigenvalue weighted by Crippen LogP contribution is -2.54. The number of hydrogen-bond acceptors (Lipinski definition) is 9. The lowest BCUT2D eigenvalue weighted by molar-refractivity contribution is -0.385. The Morgan fingerprint density at radius 3 is 2.31 bits per heavy atom. The Morgan fingerprint density at radius 2 is 1.64 bits per heavy atom. The largest absolute Gasteiger partial charge is 0.493 e. The molecule has 3 aromatic rings. The highest BCUT2D eigenvalue weighted by molar-refractivity contribution is 6.39. The number of nitro benzene ring substituents is 2. The predicted octanol–water partition coefficient (Wildman–Crippen LogP) is 4.41. The number of ether oxygens (including phenoxy) is 2. The Kier molecular flexibility index (Phi) is 7.53. The number of methoxy groups -OCH3 is 1. The van der Waals surface area contributed by atoms with Crippen LogP contribution in [0.3, 0.4) is 0 Å². The van der Waals surface area contributed by atoms with Crippen LogP contribution < -0.4 is 19.7 Å². The van der Waals surface area contributed by atoms with E-state index < -0.39 is 33.3 Å². The number of rotatable bonds is 8. The molecule has 0 atom stereocenters. The van der Waals surface area contributed by atoms with E-state index in [0.29, 0.717) is 10.5 Å². The molecular weight excluding hydrogens is 536 g/mol. The van der Waals surface area contributed by atoms with E-state index in [-0.39, 0.29) is 45.8 Å². The molecule has 3 aromatic carbocycles. The van der Waals surface area contributed by atoms with Crippen LogP contribution in [-0.2, 0) is 16.2 Å². The van der Waals surface area contributed by atoms with Gasteiger partial charge in [0, 0.05) is 24.3 Å². The quantitative estimate of drug-likeness (QED) is 0.184. The first-order valence-electron chi connectivity index (χ1n) is 11.0. The summed E-state index contributed by atoms with van der Waals surface area (Å²) in [6.07, 6.45) is 1.17. The molecule has 0 unspecified atom stereocenters. The molecule has 1 heterocycles. The van der Waals surface area contributed by atoms with Gasteiger partial charge in [-0.25, -0.2) is 9.69 Å². The molecule has 1 aliphatic heterocycles. The first kappa shape index (κ1) is 26.8. The second-order valence-corrected chi connectivity index (χ2v) is 8.39. The lowest BCUT2D eigenvalue weighted by Gasteiger charge is -2.26. The Morgan fingerprint density at radius 1 is 0.974 bits per heavy atom. The highest BCUT2D eigenvalue weighted by Crippen LogP contribution is 2.38. The van der Waals surface area contributed by atoms with Crippen LogP contribution >= 0.6 is 11.6 Å². The van der Waals surface area contributed by atoms with E-state index in [4.69, 9.17) is 21.1 Å². The van der Waals surface area contributed by atoms with Gasteiger partial charge < -0.3 is 9.47 Å². The van der Waals surface area contributed by atoms with E-state index in [2.05, 4.69) is 0 Å². The minimum Gasteiger partial charge on any atom is -0.493 e. The number of anilines is 1. The average molecular weight is 553 g/mol. The van der Waals surface area contributed by atoms with Crippen molar-refractivity contribution in [2.24, 2.45) is 0 Å².